The number of hydrogen-bond donors (Lipinski definition) is 2. The summed E-state index contributed by atoms with van der Waals surface area (Å²) < 4.78 is 1.95. The van der Waals surface area contributed by atoms with E-state index in [1.807, 2.05) is 17.7 Å². The van der Waals surface area contributed by atoms with E-state index in [0.29, 0.717) is 31.5 Å². The maximum atomic E-state index is 13.3. The van der Waals surface area contributed by atoms with Gasteiger partial charge in [-0.05, 0) is 73.0 Å². The van der Waals surface area contributed by atoms with E-state index < -0.39 is 0 Å². The Bertz CT molecular complexity index is 1140. The van der Waals surface area contributed by atoms with Crippen molar-refractivity contribution in [2.24, 2.45) is 0 Å². The zero-order valence-corrected chi connectivity index (χ0v) is 18.2. The summed E-state index contributed by atoms with van der Waals surface area (Å²) in [6.07, 6.45) is 5.57. The molecule has 3 heterocycles. The number of aromatic amines is 1. The number of benzene rings is 1. The lowest BCUT2D eigenvalue weighted by molar-refractivity contribution is 0.0654. The Hall–Kier alpha value is -2.58. The Morgan fingerprint density at radius 3 is 2.58 bits per heavy atom. The Balaban J connectivity index is 1.66. The highest BCUT2D eigenvalue weighted by Crippen LogP contribution is 2.35. The minimum atomic E-state index is -0.336. The van der Waals surface area contributed by atoms with E-state index in [1.54, 1.807) is 0 Å². The number of hydrogen-bond acceptors (Lipinski definition) is 6. The van der Waals surface area contributed by atoms with Crippen LogP contribution in [0.5, 0.6) is 0 Å². The van der Waals surface area contributed by atoms with Gasteiger partial charge in [-0.15, -0.1) is 5.10 Å². The van der Waals surface area contributed by atoms with Crippen molar-refractivity contribution in [3.63, 3.8) is 0 Å². The monoisotopic (exact) mass is 422 g/mol. The van der Waals surface area contributed by atoms with Crippen molar-refractivity contribution in [2.45, 2.75) is 70.6 Å². The van der Waals surface area contributed by atoms with Gasteiger partial charge < -0.3 is 10.1 Å². The Kier molecular flexibility index (Phi) is 5.35. The SMILES string of the molecule is Cc1cc(C)c2[nH]c(=O)c([C@@H](c3nnnn3C3CCCC3)N3CCC(O)CC3)cc2c1. The maximum Gasteiger partial charge on any atom is 0.253 e. The van der Waals surface area contributed by atoms with Crippen molar-refractivity contribution in [1.82, 2.24) is 30.1 Å². The van der Waals surface area contributed by atoms with E-state index in [2.05, 4.69) is 44.5 Å². The number of nitrogens with one attached hydrogen (secondary N) is 1. The number of fused-ring (bicyclic) bond motifs is 1. The number of aryl methyl sites for hydroxylation is 2. The second-order valence-corrected chi connectivity index (χ2v) is 9.19. The number of tetrazole rings is 1. The van der Waals surface area contributed by atoms with Crippen LogP contribution in [0.2, 0.25) is 0 Å². The van der Waals surface area contributed by atoms with Crippen LogP contribution < -0.4 is 5.56 Å². The van der Waals surface area contributed by atoms with Crippen LogP contribution in [0.4, 0.5) is 0 Å². The van der Waals surface area contributed by atoms with E-state index in [4.69, 9.17) is 0 Å². The topological polar surface area (TPSA) is 99.9 Å². The number of H-pyrrole nitrogens is 1. The molecule has 1 aliphatic carbocycles. The molecule has 1 saturated carbocycles. The largest absolute Gasteiger partial charge is 0.393 e. The van der Waals surface area contributed by atoms with Crippen molar-refractivity contribution < 1.29 is 5.11 Å². The van der Waals surface area contributed by atoms with Crippen molar-refractivity contribution >= 4 is 10.9 Å². The van der Waals surface area contributed by atoms with Crippen LogP contribution in [0.3, 0.4) is 0 Å². The Morgan fingerprint density at radius 1 is 1.10 bits per heavy atom. The van der Waals surface area contributed by atoms with E-state index in [1.165, 1.54) is 12.8 Å². The number of aromatic nitrogens is 5. The first-order valence-corrected chi connectivity index (χ1v) is 11.4. The molecule has 2 aliphatic rings. The summed E-state index contributed by atoms with van der Waals surface area (Å²) >= 11 is 0. The standard InChI is InChI=1S/C23H30N6O2/c1-14-11-15(2)20-16(12-14)13-19(23(31)24-20)21(28-9-7-18(30)8-10-28)22-25-26-27-29(22)17-5-3-4-6-17/h11-13,17-18,21,30H,3-10H2,1-2H3,(H,24,31)/t21-/m0/s1. The lowest BCUT2D eigenvalue weighted by atomic mass is 9.98. The fourth-order valence-corrected chi connectivity index (χ4v) is 5.34. The van der Waals surface area contributed by atoms with E-state index >= 15 is 0 Å². The lowest BCUT2D eigenvalue weighted by Crippen LogP contribution is -2.42. The predicted octanol–water partition coefficient (Wildman–Crippen LogP) is 2.79. The predicted molar refractivity (Wildman–Crippen MR) is 118 cm³/mol. The molecule has 1 aliphatic heterocycles. The highest BCUT2D eigenvalue weighted by Gasteiger charge is 2.34. The number of rotatable bonds is 4. The molecule has 0 amide bonds. The molecule has 0 spiro atoms. The molecule has 8 heteroatoms. The molecule has 0 bridgehead atoms. The molecule has 8 nitrogen and oxygen atoms in total. The average molecular weight is 423 g/mol. The van der Waals surface area contributed by atoms with Crippen molar-refractivity contribution in [3.05, 3.63) is 51.1 Å². The third-order valence-electron chi connectivity index (χ3n) is 6.91. The van der Waals surface area contributed by atoms with Gasteiger partial charge in [0.05, 0.1) is 17.7 Å². The molecule has 0 radical (unpaired) electrons. The summed E-state index contributed by atoms with van der Waals surface area (Å²) in [5, 5.41) is 23.9. The molecule has 5 rings (SSSR count). The molecule has 2 aromatic heterocycles. The second-order valence-electron chi connectivity index (χ2n) is 9.19. The number of piperidine rings is 1. The van der Waals surface area contributed by atoms with Crippen LogP contribution in [-0.2, 0) is 0 Å². The first-order valence-electron chi connectivity index (χ1n) is 11.4. The molecular weight excluding hydrogens is 392 g/mol. The van der Waals surface area contributed by atoms with Crippen LogP contribution >= 0.6 is 0 Å². The van der Waals surface area contributed by atoms with Crippen molar-refractivity contribution in [3.8, 4) is 0 Å². The normalized spacial score (nSPS) is 20.0. The molecule has 31 heavy (non-hydrogen) atoms. The lowest BCUT2D eigenvalue weighted by Gasteiger charge is -2.35. The fraction of sp³-hybridized carbons (Fsp3) is 0.565. The molecule has 1 saturated heterocycles. The number of pyridine rings is 1. The van der Waals surface area contributed by atoms with Crippen molar-refractivity contribution in [2.75, 3.05) is 13.1 Å². The average Bonchev–Trinajstić information content (AvgIpc) is 3.42. The first-order chi connectivity index (χ1) is 15.0. The summed E-state index contributed by atoms with van der Waals surface area (Å²) in [5.74, 6) is 0.734. The first kappa shape index (κ1) is 20.3. The molecule has 1 atom stereocenters. The van der Waals surface area contributed by atoms with Crippen LogP contribution in [0.25, 0.3) is 10.9 Å². The fourth-order valence-electron chi connectivity index (χ4n) is 5.34. The Labute approximate surface area is 181 Å². The number of likely N-dealkylation sites (tertiary alicyclic amines) is 1. The van der Waals surface area contributed by atoms with Gasteiger partial charge in [0.25, 0.3) is 5.56 Å². The van der Waals surface area contributed by atoms with E-state index in [0.717, 1.165) is 40.7 Å². The summed E-state index contributed by atoms with van der Waals surface area (Å²) in [5.41, 5.74) is 3.67. The smallest absolute Gasteiger partial charge is 0.253 e. The molecule has 3 aromatic rings. The number of aliphatic hydroxyl groups excluding tert-OH is 1. The quantitative estimate of drug-likeness (QED) is 0.671. The van der Waals surface area contributed by atoms with Gasteiger partial charge in [0, 0.05) is 18.7 Å². The summed E-state index contributed by atoms with van der Waals surface area (Å²) in [7, 11) is 0. The molecule has 2 fully saturated rings. The second kappa shape index (κ2) is 8.16. The van der Waals surface area contributed by atoms with Gasteiger partial charge in [0.2, 0.25) is 0 Å². The van der Waals surface area contributed by atoms with Crippen molar-refractivity contribution in [1.29, 1.82) is 0 Å². The van der Waals surface area contributed by atoms with Gasteiger partial charge in [-0.25, -0.2) is 4.68 Å². The minimum absolute atomic E-state index is 0.100. The summed E-state index contributed by atoms with van der Waals surface area (Å²) in [4.78, 5) is 18.7. The van der Waals surface area contributed by atoms with Gasteiger partial charge in [-0.2, -0.15) is 0 Å². The molecule has 1 aromatic carbocycles. The van der Waals surface area contributed by atoms with Crippen LogP contribution in [0.1, 0.15) is 73.1 Å². The van der Waals surface area contributed by atoms with Gasteiger partial charge in [-0.3, -0.25) is 9.69 Å². The summed E-state index contributed by atoms with van der Waals surface area (Å²) in [6, 6.07) is 6.15. The molecule has 0 unspecified atom stereocenters. The van der Waals surface area contributed by atoms with Crippen LogP contribution in [0, 0.1) is 13.8 Å². The number of aliphatic hydroxyl groups is 1. The highest BCUT2D eigenvalue weighted by atomic mass is 16.3. The van der Waals surface area contributed by atoms with Gasteiger partial charge in [0.15, 0.2) is 5.82 Å². The molecule has 164 valence electrons. The zero-order valence-electron chi connectivity index (χ0n) is 18.2. The van der Waals surface area contributed by atoms with Gasteiger partial charge in [-0.1, -0.05) is 24.5 Å². The molecular formula is C23H30N6O2. The van der Waals surface area contributed by atoms with Crippen LogP contribution in [0.15, 0.2) is 23.0 Å². The number of nitrogens with zero attached hydrogens (tertiary/aromatic N) is 5. The van der Waals surface area contributed by atoms with Gasteiger partial charge >= 0.3 is 0 Å². The third kappa shape index (κ3) is 3.78. The van der Waals surface area contributed by atoms with Crippen LogP contribution in [-0.4, -0.2) is 54.4 Å². The molecule has 2 N–H and O–H groups in total. The highest BCUT2D eigenvalue weighted by molar-refractivity contribution is 5.83. The maximum absolute atomic E-state index is 13.3. The third-order valence-corrected chi connectivity index (χ3v) is 6.91. The zero-order chi connectivity index (χ0) is 21.5. The van der Waals surface area contributed by atoms with E-state index in [-0.39, 0.29) is 23.7 Å². The van der Waals surface area contributed by atoms with Gasteiger partial charge in [0.1, 0.15) is 6.04 Å². The Morgan fingerprint density at radius 2 is 1.84 bits per heavy atom. The van der Waals surface area contributed by atoms with E-state index in [9.17, 15) is 9.90 Å². The summed E-state index contributed by atoms with van der Waals surface area (Å²) in [6.45, 7) is 5.50. The minimum Gasteiger partial charge on any atom is -0.393 e.